The van der Waals surface area contributed by atoms with Crippen molar-refractivity contribution in [3.8, 4) is 0 Å². The number of aromatic nitrogens is 1. The molecule has 3 heteroatoms. The van der Waals surface area contributed by atoms with E-state index in [-0.39, 0.29) is 0 Å². The lowest BCUT2D eigenvalue weighted by molar-refractivity contribution is 0.313. The smallest absolute Gasteiger partial charge is 0.146 e. The zero-order valence-electron chi connectivity index (χ0n) is 10.9. The van der Waals surface area contributed by atoms with Gasteiger partial charge in [0.25, 0.3) is 0 Å². The molecular weight excluding hydrogens is 210 g/mol. The highest BCUT2D eigenvalue weighted by molar-refractivity contribution is 5.62. The van der Waals surface area contributed by atoms with E-state index >= 15 is 0 Å². The Bertz CT molecular complexity index is 356. The van der Waals surface area contributed by atoms with Crippen LogP contribution in [0.5, 0.6) is 0 Å². The molecule has 3 nitrogen and oxygen atoms in total. The first-order valence-electron chi connectivity index (χ1n) is 6.65. The average molecular weight is 233 g/mol. The molecule has 0 saturated heterocycles. The van der Waals surface area contributed by atoms with E-state index < -0.39 is 0 Å². The summed E-state index contributed by atoms with van der Waals surface area (Å²) in [7, 11) is 2.14. The molecule has 1 aliphatic carbocycles. The minimum absolute atomic E-state index is 0.629. The lowest BCUT2D eigenvalue weighted by Gasteiger charge is -2.36. The second-order valence-corrected chi connectivity index (χ2v) is 5.10. The van der Waals surface area contributed by atoms with E-state index in [1.54, 1.807) is 6.20 Å². The monoisotopic (exact) mass is 233 g/mol. The molecule has 0 spiro atoms. The Labute approximate surface area is 104 Å². The summed E-state index contributed by atoms with van der Waals surface area (Å²) in [6, 6.07) is 4.65. The zero-order chi connectivity index (χ0) is 12.3. The van der Waals surface area contributed by atoms with Crippen LogP contribution in [0.2, 0.25) is 0 Å². The molecule has 1 heterocycles. The van der Waals surface area contributed by atoms with Crippen molar-refractivity contribution in [1.82, 2.24) is 4.98 Å². The molecule has 1 fully saturated rings. The fraction of sp³-hybridized carbons (Fsp3) is 0.643. The Morgan fingerprint density at radius 1 is 1.35 bits per heavy atom. The zero-order valence-corrected chi connectivity index (χ0v) is 10.9. The van der Waals surface area contributed by atoms with Crippen LogP contribution in [0, 0.1) is 5.92 Å². The van der Waals surface area contributed by atoms with Crippen molar-refractivity contribution in [1.29, 1.82) is 0 Å². The van der Waals surface area contributed by atoms with Gasteiger partial charge in [0.05, 0.1) is 5.69 Å². The molecule has 1 saturated carbocycles. The van der Waals surface area contributed by atoms with Gasteiger partial charge in [0.1, 0.15) is 5.82 Å². The lowest BCUT2D eigenvalue weighted by atomic mass is 9.84. The summed E-state index contributed by atoms with van der Waals surface area (Å²) in [6.07, 6.45) is 8.34. The quantitative estimate of drug-likeness (QED) is 0.872. The maximum absolute atomic E-state index is 5.93. The molecule has 2 rings (SSSR count). The molecule has 0 amide bonds. The van der Waals surface area contributed by atoms with E-state index in [0.29, 0.717) is 11.9 Å². The van der Waals surface area contributed by atoms with Gasteiger partial charge in [-0.3, -0.25) is 0 Å². The largest absolute Gasteiger partial charge is 0.382 e. The number of hydrogen-bond donors (Lipinski definition) is 1. The highest BCUT2D eigenvalue weighted by Crippen LogP contribution is 2.32. The summed E-state index contributed by atoms with van der Waals surface area (Å²) in [5.74, 6) is 1.58. The number of anilines is 2. The summed E-state index contributed by atoms with van der Waals surface area (Å²) in [4.78, 5) is 6.48. The number of rotatable bonds is 3. The van der Waals surface area contributed by atoms with Gasteiger partial charge in [-0.2, -0.15) is 0 Å². The summed E-state index contributed by atoms with van der Waals surface area (Å²) < 4.78 is 0. The second-order valence-electron chi connectivity index (χ2n) is 5.10. The van der Waals surface area contributed by atoms with Crippen LogP contribution < -0.4 is 10.6 Å². The van der Waals surface area contributed by atoms with Gasteiger partial charge in [-0.05, 0) is 43.7 Å². The minimum Gasteiger partial charge on any atom is -0.382 e. The van der Waals surface area contributed by atoms with Gasteiger partial charge in [0.15, 0.2) is 0 Å². The third kappa shape index (κ3) is 2.71. The van der Waals surface area contributed by atoms with Gasteiger partial charge in [-0.15, -0.1) is 0 Å². The van der Waals surface area contributed by atoms with Crippen LogP contribution in [0.3, 0.4) is 0 Å². The molecule has 17 heavy (non-hydrogen) atoms. The van der Waals surface area contributed by atoms with Crippen LogP contribution in [0.1, 0.15) is 39.0 Å². The van der Waals surface area contributed by atoms with Gasteiger partial charge in [0.2, 0.25) is 0 Å². The number of nitrogen functional groups attached to an aromatic ring is 1. The maximum atomic E-state index is 5.93. The molecule has 1 aliphatic rings. The first-order chi connectivity index (χ1) is 8.22. The van der Waals surface area contributed by atoms with E-state index in [9.17, 15) is 0 Å². The SMILES string of the molecule is CCC1CCC(N(C)c2cccnc2N)CC1. The highest BCUT2D eigenvalue weighted by atomic mass is 15.2. The van der Waals surface area contributed by atoms with Crippen molar-refractivity contribution in [3.63, 3.8) is 0 Å². The molecule has 0 radical (unpaired) electrons. The van der Waals surface area contributed by atoms with E-state index in [4.69, 9.17) is 5.73 Å². The van der Waals surface area contributed by atoms with Crippen LogP contribution in [0.15, 0.2) is 18.3 Å². The van der Waals surface area contributed by atoms with E-state index in [1.807, 2.05) is 6.07 Å². The molecule has 0 aromatic carbocycles. The van der Waals surface area contributed by atoms with Crippen molar-refractivity contribution in [2.24, 2.45) is 5.92 Å². The van der Waals surface area contributed by atoms with E-state index in [0.717, 1.165) is 11.6 Å². The van der Waals surface area contributed by atoms with Crippen molar-refractivity contribution in [3.05, 3.63) is 18.3 Å². The first-order valence-corrected chi connectivity index (χ1v) is 6.65. The van der Waals surface area contributed by atoms with Crippen LogP contribution in [0.25, 0.3) is 0 Å². The fourth-order valence-corrected chi connectivity index (χ4v) is 2.84. The molecule has 0 aliphatic heterocycles. The third-order valence-corrected chi connectivity index (χ3v) is 4.14. The Morgan fingerprint density at radius 2 is 2.06 bits per heavy atom. The third-order valence-electron chi connectivity index (χ3n) is 4.14. The number of pyridine rings is 1. The Balaban J connectivity index is 2.02. The number of hydrogen-bond acceptors (Lipinski definition) is 3. The van der Waals surface area contributed by atoms with Crippen molar-refractivity contribution in [2.75, 3.05) is 17.7 Å². The van der Waals surface area contributed by atoms with Gasteiger partial charge >= 0.3 is 0 Å². The summed E-state index contributed by atoms with van der Waals surface area (Å²) >= 11 is 0. The molecule has 1 aromatic rings. The molecular formula is C14H23N3. The van der Waals surface area contributed by atoms with Gasteiger partial charge in [-0.25, -0.2) is 4.98 Å². The van der Waals surface area contributed by atoms with Crippen molar-refractivity contribution >= 4 is 11.5 Å². The van der Waals surface area contributed by atoms with Gasteiger partial charge < -0.3 is 10.6 Å². The average Bonchev–Trinajstić information content (AvgIpc) is 2.39. The highest BCUT2D eigenvalue weighted by Gasteiger charge is 2.24. The normalized spacial score (nSPS) is 24.6. The minimum atomic E-state index is 0.629. The lowest BCUT2D eigenvalue weighted by Crippen LogP contribution is -2.35. The summed E-state index contributed by atoms with van der Waals surface area (Å²) in [6.45, 7) is 2.30. The van der Waals surface area contributed by atoms with Crippen LogP contribution in [-0.4, -0.2) is 18.1 Å². The Hall–Kier alpha value is -1.25. The van der Waals surface area contributed by atoms with Crippen LogP contribution in [0.4, 0.5) is 11.5 Å². The Kier molecular flexibility index (Phi) is 3.87. The fourth-order valence-electron chi connectivity index (χ4n) is 2.84. The topological polar surface area (TPSA) is 42.2 Å². The molecule has 0 atom stereocenters. The van der Waals surface area contributed by atoms with Crippen LogP contribution >= 0.6 is 0 Å². The Morgan fingerprint density at radius 3 is 2.65 bits per heavy atom. The van der Waals surface area contributed by atoms with Crippen molar-refractivity contribution in [2.45, 2.75) is 45.1 Å². The summed E-state index contributed by atoms with van der Waals surface area (Å²) in [5.41, 5.74) is 7.01. The molecule has 1 aromatic heterocycles. The number of nitrogens with zero attached hydrogens (tertiary/aromatic N) is 2. The van der Waals surface area contributed by atoms with E-state index in [1.165, 1.54) is 32.1 Å². The molecule has 94 valence electrons. The van der Waals surface area contributed by atoms with Gasteiger partial charge in [-0.1, -0.05) is 13.3 Å². The number of nitrogens with two attached hydrogens (primary N) is 1. The predicted molar refractivity (Wildman–Crippen MR) is 73.1 cm³/mol. The van der Waals surface area contributed by atoms with E-state index in [2.05, 4.69) is 29.9 Å². The van der Waals surface area contributed by atoms with Crippen LogP contribution in [-0.2, 0) is 0 Å². The van der Waals surface area contributed by atoms with Gasteiger partial charge in [0, 0.05) is 19.3 Å². The standard InChI is InChI=1S/C14H23N3/c1-3-11-6-8-12(9-7-11)17(2)13-5-4-10-16-14(13)15/h4-5,10-12H,3,6-9H2,1-2H3,(H2,15,16). The second kappa shape index (κ2) is 5.39. The maximum Gasteiger partial charge on any atom is 0.146 e. The first kappa shape index (κ1) is 12.2. The summed E-state index contributed by atoms with van der Waals surface area (Å²) in [5, 5.41) is 0. The predicted octanol–water partition coefficient (Wildman–Crippen LogP) is 3.07. The molecule has 0 unspecified atom stereocenters. The molecule has 0 bridgehead atoms. The molecule has 2 N–H and O–H groups in total. The van der Waals surface area contributed by atoms with Crippen molar-refractivity contribution < 1.29 is 0 Å².